The van der Waals surface area contributed by atoms with Crippen LogP contribution in [0.2, 0.25) is 0 Å². The van der Waals surface area contributed by atoms with Crippen LogP contribution in [-0.2, 0) is 23.4 Å². The minimum absolute atomic E-state index is 0.00368. The van der Waals surface area contributed by atoms with Gasteiger partial charge in [0.15, 0.2) is 5.13 Å². The number of nitrogens with zero attached hydrogens (tertiary/aromatic N) is 1. The van der Waals surface area contributed by atoms with Crippen LogP contribution in [0.5, 0.6) is 0 Å². The summed E-state index contributed by atoms with van der Waals surface area (Å²) in [5, 5.41) is 3.61. The second-order valence-corrected chi connectivity index (χ2v) is 6.43. The number of furan rings is 1. The van der Waals surface area contributed by atoms with Crippen LogP contribution in [0.3, 0.4) is 0 Å². The van der Waals surface area contributed by atoms with Gasteiger partial charge in [-0.2, -0.15) is 0 Å². The SMILES string of the molecule is O=C(CSCc1ccco1)Nc1nc2c(s1)CCC2. The van der Waals surface area contributed by atoms with Crippen molar-refractivity contribution in [1.29, 1.82) is 0 Å². The van der Waals surface area contributed by atoms with Crippen molar-refractivity contribution in [3.05, 3.63) is 34.7 Å². The number of fused-ring (bicyclic) bond motifs is 1. The second-order valence-electron chi connectivity index (χ2n) is 4.36. The molecule has 0 atom stereocenters. The Morgan fingerprint density at radius 1 is 1.53 bits per heavy atom. The number of hydrogen-bond acceptors (Lipinski definition) is 5. The molecule has 2 aromatic rings. The molecule has 0 radical (unpaired) electrons. The summed E-state index contributed by atoms with van der Waals surface area (Å²) in [6.45, 7) is 0. The molecule has 100 valence electrons. The predicted octanol–water partition coefficient (Wildman–Crippen LogP) is 3.10. The molecule has 0 fully saturated rings. The second kappa shape index (κ2) is 5.79. The number of nitrogens with one attached hydrogen (secondary N) is 1. The lowest BCUT2D eigenvalue weighted by atomic mass is 10.4. The molecule has 0 saturated carbocycles. The smallest absolute Gasteiger partial charge is 0.236 e. The first-order valence-corrected chi connectivity index (χ1v) is 8.17. The average Bonchev–Trinajstić information content (AvgIpc) is 3.04. The van der Waals surface area contributed by atoms with Gasteiger partial charge >= 0.3 is 0 Å². The van der Waals surface area contributed by atoms with E-state index >= 15 is 0 Å². The molecule has 2 aromatic heterocycles. The van der Waals surface area contributed by atoms with Crippen molar-refractivity contribution in [2.45, 2.75) is 25.0 Å². The van der Waals surface area contributed by atoms with Gasteiger partial charge in [-0.15, -0.1) is 23.1 Å². The van der Waals surface area contributed by atoms with Gasteiger partial charge in [0.1, 0.15) is 5.76 Å². The van der Waals surface area contributed by atoms with E-state index in [-0.39, 0.29) is 5.91 Å². The van der Waals surface area contributed by atoms with Crippen LogP contribution >= 0.6 is 23.1 Å². The van der Waals surface area contributed by atoms with E-state index in [2.05, 4.69) is 10.3 Å². The fourth-order valence-corrected chi connectivity index (χ4v) is 3.83. The van der Waals surface area contributed by atoms with Crippen LogP contribution in [0.1, 0.15) is 22.8 Å². The highest BCUT2D eigenvalue weighted by Gasteiger charge is 2.17. The quantitative estimate of drug-likeness (QED) is 0.920. The molecule has 0 spiro atoms. The van der Waals surface area contributed by atoms with Crippen molar-refractivity contribution < 1.29 is 9.21 Å². The highest BCUT2D eigenvalue weighted by atomic mass is 32.2. The summed E-state index contributed by atoms with van der Waals surface area (Å²) in [5.74, 6) is 2.04. The molecule has 2 heterocycles. The standard InChI is InChI=1S/C13H14N2O2S2/c16-12(8-18-7-9-3-2-6-17-9)15-13-14-10-4-1-5-11(10)19-13/h2-3,6H,1,4-5,7-8H2,(H,14,15,16). The van der Waals surface area contributed by atoms with Crippen molar-refractivity contribution in [1.82, 2.24) is 4.98 Å². The van der Waals surface area contributed by atoms with E-state index in [1.165, 1.54) is 17.0 Å². The molecule has 19 heavy (non-hydrogen) atoms. The van der Waals surface area contributed by atoms with Gasteiger partial charge in [0.25, 0.3) is 0 Å². The number of hydrogen-bond donors (Lipinski definition) is 1. The van der Waals surface area contributed by atoms with E-state index in [9.17, 15) is 4.79 Å². The van der Waals surface area contributed by atoms with E-state index in [4.69, 9.17) is 4.42 Å². The van der Waals surface area contributed by atoms with Gasteiger partial charge in [-0.25, -0.2) is 4.98 Å². The summed E-state index contributed by atoms with van der Waals surface area (Å²) >= 11 is 3.15. The summed E-state index contributed by atoms with van der Waals surface area (Å²) < 4.78 is 5.21. The van der Waals surface area contributed by atoms with Gasteiger partial charge in [0, 0.05) is 4.88 Å². The van der Waals surface area contributed by atoms with Crippen LogP contribution in [0.4, 0.5) is 5.13 Å². The van der Waals surface area contributed by atoms with Crippen LogP contribution in [-0.4, -0.2) is 16.6 Å². The van der Waals surface area contributed by atoms with Gasteiger partial charge in [-0.3, -0.25) is 4.79 Å². The summed E-state index contributed by atoms with van der Waals surface area (Å²) in [4.78, 5) is 17.6. The first-order chi connectivity index (χ1) is 9.31. The minimum atomic E-state index is 0.00368. The highest BCUT2D eigenvalue weighted by molar-refractivity contribution is 7.99. The molecule has 0 aliphatic heterocycles. The van der Waals surface area contributed by atoms with Crippen LogP contribution in [0, 0.1) is 0 Å². The summed E-state index contributed by atoms with van der Waals surface area (Å²) in [5.41, 5.74) is 1.17. The summed E-state index contributed by atoms with van der Waals surface area (Å²) in [6, 6.07) is 3.77. The number of thioether (sulfide) groups is 1. The van der Waals surface area contributed by atoms with E-state index in [0.29, 0.717) is 5.75 Å². The number of thiazole rings is 1. The molecule has 4 nitrogen and oxygen atoms in total. The maximum absolute atomic E-state index is 11.8. The molecular weight excluding hydrogens is 280 g/mol. The van der Waals surface area contributed by atoms with Crippen LogP contribution in [0.25, 0.3) is 0 Å². The maximum atomic E-state index is 11.8. The molecule has 1 N–H and O–H groups in total. The molecule has 0 aromatic carbocycles. The number of aromatic nitrogens is 1. The van der Waals surface area contributed by atoms with Gasteiger partial charge < -0.3 is 9.73 Å². The monoisotopic (exact) mass is 294 g/mol. The number of anilines is 1. The molecule has 1 amide bonds. The number of amides is 1. The van der Waals surface area contributed by atoms with Crippen LogP contribution < -0.4 is 5.32 Å². The fraction of sp³-hybridized carbons (Fsp3) is 0.385. The lowest BCUT2D eigenvalue weighted by Gasteiger charge is -2.01. The zero-order valence-electron chi connectivity index (χ0n) is 10.3. The molecular formula is C13H14N2O2S2. The maximum Gasteiger partial charge on any atom is 0.236 e. The summed E-state index contributed by atoms with van der Waals surface area (Å²) in [6.07, 6.45) is 5.00. The zero-order chi connectivity index (χ0) is 13.1. The van der Waals surface area contributed by atoms with E-state index in [0.717, 1.165) is 29.5 Å². The molecule has 6 heteroatoms. The van der Waals surface area contributed by atoms with Gasteiger partial charge in [-0.05, 0) is 31.4 Å². The van der Waals surface area contributed by atoms with E-state index in [1.807, 2.05) is 12.1 Å². The van der Waals surface area contributed by atoms with Crippen LogP contribution in [0.15, 0.2) is 22.8 Å². The Kier molecular flexibility index (Phi) is 3.89. The molecule has 1 aliphatic rings. The fourth-order valence-electron chi connectivity index (χ4n) is 2.04. The average molecular weight is 294 g/mol. The normalized spacial score (nSPS) is 13.5. The minimum Gasteiger partial charge on any atom is -0.468 e. The lowest BCUT2D eigenvalue weighted by molar-refractivity contribution is -0.113. The summed E-state index contributed by atoms with van der Waals surface area (Å²) in [7, 11) is 0. The lowest BCUT2D eigenvalue weighted by Crippen LogP contribution is -2.14. The van der Waals surface area contributed by atoms with Crippen molar-refractivity contribution >= 4 is 34.1 Å². The Labute approximate surface area is 119 Å². The first-order valence-electron chi connectivity index (χ1n) is 6.20. The van der Waals surface area contributed by atoms with Crippen molar-refractivity contribution in [2.24, 2.45) is 0 Å². The topological polar surface area (TPSA) is 55.1 Å². The van der Waals surface area contributed by atoms with E-state index < -0.39 is 0 Å². The molecule has 0 unspecified atom stereocenters. The van der Waals surface area contributed by atoms with E-state index in [1.54, 1.807) is 29.4 Å². The molecule has 1 aliphatic carbocycles. The van der Waals surface area contributed by atoms with Crippen molar-refractivity contribution in [3.8, 4) is 0 Å². The molecule has 3 rings (SSSR count). The number of aryl methyl sites for hydroxylation is 2. The van der Waals surface area contributed by atoms with Gasteiger partial charge in [0.2, 0.25) is 5.91 Å². The Hall–Kier alpha value is -1.27. The zero-order valence-corrected chi connectivity index (χ0v) is 12.0. The van der Waals surface area contributed by atoms with Crippen molar-refractivity contribution in [2.75, 3.05) is 11.1 Å². The predicted molar refractivity (Wildman–Crippen MR) is 77.6 cm³/mol. The van der Waals surface area contributed by atoms with Crippen molar-refractivity contribution in [3.63, 3.8) is 0 Å². The van der Waals surface area contributed by atoms with Gasteiger partial charge in [0.05, 0.1) is 23.5 Å². The molecule has 0 bridgehead atoms. The third kappa shape index (κ3) is 3.19. The third-order valence-electron chi connectivity index (χ3n) is 2.90. The Morgan fingerprint density at radius 2 is 2.47 bits per heavy atom. The van der Waals surface area contributed by atoms with Gasteiger partial charge in [-0.1, -0.05) is 0 Å². The third-order valence-corrected chi connectivity index (χ3v) is 4.93. The highest BCUT2D eigenvalue weighted by Crippen LogP contribution is 2.30. The number of carbonyl (C=O) groups excluding carboxylic acids is 1. The largest absolute Gasteiger partial charge is 0.468 e. The number of carbonyl (C=O) groups is 1. The molecule has 0 saturated heterocycles. The Balaban J connectivity index is 1.45. The Morgan fingerprint density at radius 3 is 3.26 bits per heavy atom. The Bertz CT molecular complexity index is 542. The number of rotatable bonds is 5. The first kappa shape index (κ1) is 12.7.